The molecule has 0 amide bonds. The number of hydrogen-bond acceptors (Lipinski definition) is 4. The second-order valence-electron chi connectivity index (χ2n) is 6.05. The van der Waals surface area contributed by atoms with E-state index >= 15 is 0 Å². The smallest absolute Gasteiger partial charge is 0.326 e. The third-order valence-electron chi connectivity index (χ3n) is 3.85. The molecule has 0 radical (unpaired) electrons. The zero-order chi connectivity index (χ0) is 17.5. The summed E-state index contributed by atoms with van der Waals surface area (Å²) in [7, 11) is -0.0294. The molecule has 1 atom stereocenters. The van der Waals surface area contributed by atoms with Crippen molar-refractivity contribution in [2.24, 2.45) is 0 Å². The molecule has 0 aromatic heterocycles. The van der Waals surface area contributed by atoms with E-state index in [1.54, 1.807) is 24.1 Å². The molecule has 2 N–H and O–H groups in total. The number of benzene rings is 1. The largest absolute Gasteiger partial charge is 0.481 e. The third-order valence-corrected chi connectivity index (χ3v) is 6.51. The van der Waals surface area contributed by atoms with Crippen molar-refractivity contribution in [2.45, 2.75) is 38.0 Å². The van der Waals surface area contributed by atoms with Crippen LogP contribution in [0.5, 0.6) is 0 Å². The van der Waals surface area contributed by atoms with Gasteiger partial charge in [0.1, 0.15) is 6.04 Å². The van der Waals surface area contributed by atoms with E-state index in [1.807, 2.05) is 18.2 Å². The summed E-state index contributed by atoms with van der Waals surface area (Å²) in [5, 5.41) is 18.5. The average Bonchev–Trinajstić information content (AvgIpc) is 2.50. The fourth-order valence-electron chi connectivity index (χ4n) is 2.36. The van der Waals surface area contributed by atoms with Crippen molar-refractivity contribution in [1.82, 2.24) is 0 Å². The predicted octanol–water partition coefficient (Wildman–Crippen LogP) is 2.66. The molecular weight excluding hydrogens is 314 g/mol. The summed E-state index contributed by atoms with van der Waals surface area (Å²) in [4.78, 5) is 24.2. The highest BCUT2D eigenvalue weighted by Crippen LogP contribution is 2.21. The first-order chi connectivity index (χ1) is 10.8. The molecule has 0 spiro atoms. The van der Waals surface area contributed by atoms with E-state index in [0.717, 1.165) is 18.2 Å². The predicted molar refractivity (Wildman–Crippen MR) is 91.4 cm³/mol. The Morgan fingerprint density at radius 1 is 1.22 bits per heavy atom. The molecule has 0 unspecified atom stereocenters. The lowest BCUT2D eigenvalue weighted by Gasteiger charge is -2.31. The van der Waals surface area contributed by atoms with Crippen molar-refractivity contribution in [3.05, 3.63) is 30.3 Å². The normalized spacial score (nSPS) is 12.7. The Labute approximate surface area is 137 Å². The summed E-state index contributed by atoms with van der Waals surface area (Å²) in [5.41, 5.74) is 0.720. The summed E-state index contributed by atoms with van der Waals surface area (Å²) < 4.78 is 5.51. The average molecular weight is 339 g/mol. The van der Waals surface area contributed by atoms with Gasteiger partial charge in [-0.05, 0) is 37.7 Å². The van der Waals surface area contributed by atoms with Gasteiger partial charge < -0.3 is 19.5 Å². The Balaban J connectivity index is 2.93. The van der Waals surface area contributed by atoms with Gasteiger partial charge >= 0.3 is 11.9 Å². The highest BCUT2D eigenvalue weighted by Gasteiger charge is 2.29. The molecule has 1 aromatic rings. The molecule has 0 bridgehead atoms. The molecule has 0 heterocycles. The molecule has 7 heteroatoms. The Kier molecular flexibility index (Phi) is 7.25. The summed E-state index contributed by atoms with van der Waals surface area (Å²) >= 11 is 0. The molecule has 23 heavy (non-hydrogen) atoms. The number of hydrogen-bond donors (Lipinski definition) is 2. The van der Waals surface area contributed by atoms with Crippen LogP contribution in [-0.4, -0.2) is 50.2 Å². The highest BCUT2D eigenvalue weighted by atomic mass is 28.4. The number of carboxylic acid groups (broad SMARTS) is 2. The number of rotatable bonds is 10. The third kappa shape index (κ3) is 6.41. The van der Waals surface area contributed by atoms with Gasteiger partial charge in [0.05, 0.1) is 6.42 Å². The monoisotopic (exact) mass is 339 g/mol. The van der Waals surface area contributed by atoms with E-state index < -0.39 is 32.7 Å². The van der Waals surface area contributed by atoms with Crippen LogP contribution in [0.3, 0.4) is 0 Å². The maximum Gasteiger partial charge on any atom is 0.326 e. The molecule has 0 fully saturated rings. The van der Waals surface area contributed by atoms with Crippen molar-refractivity contribution < 1.29 is 24.2 Å². The minimum atomic E-state index is -1.73. The zero-order valence-electron chi connectivity index (χ0n) is 13.9. The lowest BCUT2D eigenvalue weighted by Crippen LogP contribution is -2.44. The molecule has 1 aromatic carbocycles. The molecule has 6 nitrogen and oxygen atoms in total. The number of aliphatic carboxylic acids is 2. The van der Waals surface area contributed by atoms with Crippen LogP contribution in [-0.2, 0) is 14.0 Å². The first-order valence-corrected chi connectivity index (χ1v) is 10.7. The summed E-state index contributed by atoms with van der Waals surface area (Å²) in [6.45, 7) is 4.69. The summed E-state index contributed by atoms with van der Waals surface area (Å²) in [6.07, 6.45) is 0.320. The van der Waals surface area contributed by atoms with Crippen molar-refractivity contribution in [1.29, 1.82) is 0 Å². The van der Waals surface area contributed by atoms with Crippen LogP contribution in [0.25, 0.3) is 0 Å². The van der Waals surface area contributed by atoms with E-state index in [1.165, 1.54) is 0 Å². The van der Waals surface area contributed by atoms with Crippen molar-refractivity contribution in [3.63, 3.8) is 0 Å². The highest BCUT2D eigenvalue weighted by molar-refractivity contribution is 6.71. The number of carboxylic acids is 2. The Hall–Kier alpha value is -1.86. The lowest BCUT2D eigenvalue weighted by atomic mass is 10.1. The number of para-hydroxylation sites is 1. The molecule has 0 aliphatic rings. The van der Waals surface area contributed by atoms with E-state index in [2.05, 4.69) is 13.1 Å². The van der Waals surface area contributed by atoms with Crippen LogP contribution in [0.15, 0.2) is 30.3 Å². The number of nitrogens with zero attached hydrogens (tertiary/aromatic N) is 1. The quantitative estimate of drug-likeness (QED) is 0.637. The zero-order valence-corrected chi connectivity index (χ0v) is 14.9. The first-order valence-electron chi connectivity index (χ1n) is 7.58. The van der Waals surface area contributed by atoms with Gasteiger partial charge in [0, 0.05) is 19.3 Å². The standard InChI is InChI=1S/C16H25NO5Si/c1-22-23(2,3)11-7-10-17(13-8-5-4-6-9-13)14(16(20)21)12-15(18)19/h4-6,8-9,14H,7,10-12H2,1-3H3,(H,18,19)(H,20,21)/t14-/m0/s1. The summed E-state index contributed by atoms with van der Waals surface area (Å²) in [6, 6.07) is 8.88. The fraction of sp³-hybridized carbons (Fsp3) is 0.500. The molecule has 1 rings (SSSR count). The van der Waals surface area contributed by atoms with Crippen molar-refractivity contribution >= 4 is 25.9 Å². The van der Waals surface area contributed by atoms with Gasteiger partial charge in [0.25, 0.3) is 0 Å². The van der Waals surface area contributed by atoms with E-state index in [4.69, 9.17) is 9.53 Å². The lowest BCUT2D eigenvalue weighted by molar-refractivity contribution is -0.145. The number of anilines is 1. The second-order valence-corrected chi connectivity index (χ2v) is 10.5. The van der Waals surface area contributed by atoms with Crippen molar-refractivity contribution in [3.8, 4) is 0 Å². The molecule has 0 aliphatic heterocycles. The van der Waals surface area contributed by atoms with Gasteiger partial charge in [0.15, 0.2) is 8.32 Å². The Morgan fingerprint density at radius 3 is 2.30 bits per heavy atom. The molecule has 0 saturated heterocycles. The maximum atomic E-state index is 11.5. The Bertz CT molecular complexity index is 520. The van der Waals surface area contributed by atoms with Crippen LogP contribution in [0, 0.1) is 0 Å². The van der Waals surface area contributed by atoms with Crippen LogP contribution in [0.4, 0.5) is 5.69 Å². The van der Waals surface area contributed by atoms with Gasteiger partial charge in [-0.25, -0.2) is 4.79 Å². The minimum absolute atomic E-state index is 0.435. The molecule has 128 valence electrons. The van der Waals surface area contributed by atoms with E-state index in [0.29, 0.717) is 6.54 Å². The minimum Gasteiger partial charge on any atom is -0.481 e. The Morgan fingerprint density at radius 2 is 1.83 bits per heavy atom. The van der Waals surface area contributed by atoms with Gasteiger partial charge in [-0.3, -0.25) is 4.79 Å². The maximum absolute atomic E-state index is 11.5. The topological polar surface area (TPSA) is 87.1 Å². The van der Waals surface area contributed by atoms with E-state index in [9.17, 15) is 14.7 Å². The fourth-order valence-corrected chi connectivity index (χ4v) is 3.57. The van der Waals surface area contributed by atoms with Gasteiger partial charge in [-0.1, -0.05) is 18.2 Å². The van der Waals surface area contributed by atoms with Crippen LogP contribution in [0.1, 0.15) is 12.8 Å². The summed E-state index contributed by atoms with van der Waals surface area (Å²) in [5.74, 6) is -2.25. The first kappa shape index (κ1) is 19.2. The number of carbonyl (C=O) groups is 2. The van der Waals surface area contributed by atoms with Gasteiger partial charge in [-0.15, -0.1) is 0 Å². The second kappa shape index (κ2) is 8.69. The van der Waals surface area contributed by atoms with E-state index in [-0.39, 0.29) is 0 Å². The SMILES string of the molecule is CO[Si](C)(C)CCCN(c1ccccc1)[C@@H](CC(=O)O)C(=O)O. The molecular formula is C16H25NO5Si. The van der Waals surface area contributed by atoms with Gasteiger partial charge in [-0.2, -0.15) is 0 Å². The molecule has 0 saturated carbocycles. The van der Waals surface area contributed by atoms with Crippen LogP contribution in [0.2, 0.25) is 19.1 Å². The molecule has 0 aliphatic carbocycles. The van der Waals surface area contributed by atoms with Gasteiger partial charge in [0.2, 0.25) is 0 Å². The van der Waals surface area contributed by atoms with Crippen LogP contribution < -0.4 is 4.90 Å². The van der Waals surface area contributed by atoms with Crippen molar-refractivity contribution in [2.75, 3.05) is 18.6 Å². The van der Waals surface area contributed by atoms with Crippen LogP contribution >= 0.6 is 0 Å².